The Bertz CT molecular complexity index is 727. The lowest BCUT2D eigenvalue weighted by Crippen LogP contribution is -2.34. The van der Waals surface area contributed by atoms with Crippen LogP contribution in [-0.2, 0) is 4.74 Å². The minimum atomic E-state index is -0.375. The second-order valence-corrected chi connectivity index (χ2v) is 5.35. The molecule has 1 aliphatic heterocycles. The zero-order valence-corrected chi connectivity index (χ0v) is 11.8. The second kappa shape index (κ2) is 4.52. The van der Waals surface area contributed by atoms with Crippen LogP contribution < -0.4 is 15.9 Å². The highest BCUT2D eigenvalue weighted by Gasteiger charge is 2.30. The third kappa shape index (κ3) is 1.70. The molecule has 1 fully saturated rings. The van der Waals surface area contributed by atoms with Crippen molar-refractivity contribution in [2.75, 3.05) is 13.7 Å². The van der Waals surface area contributed by atoms with Crippen LogP contribution in [0.15, 0.2) is 12.2 Å². The number of esters is 1. The van der Waals surface area contributed by atoms with E-state index in [2.05, 4.69) is 17.2 Å². The molecule has 106 valence electrons. The molecule has 0 amide bonds. The first-order valence-corrected chi connectivity index (χ1v) is 6.70. The van der Waals surface area contributed by atoms with E-state index in [0.29, 0.717) is 22.5 Å². The minimum Gasteiger partial charge on any atom is -0.506 e. The normalized spacial score (nSPS) is 24.4. The van der Waals surface area contributed by atoms with Crippen molar-refractivity contribution in [1.82, 2.24) is 10.3 Å². The zero-order chi connectivity index (χ0) is 14.4. The summed E-state index contributed by atoms with van der Waals surface area (Å²) in [5, 5.41) is 15.0. The summed E-state index contributed by atoms with van der Waals surface area (Å²) in [7, 11) is 1.37. The van der Waals surface area contributed by atoms with Crippen molar-refractivity contribution in [2.45, 2.75) is 19.9 Å². The molecule has 0 spiro atoms. The molecule has 0 saturated carbocycles. The molecule has 5 heteroatoms. The molecule has 5 nitrogen and oxygen atoms in total. The van der Waals surface area contributed by atoms with Gasteiger partial charge in [0.15, 0.2) is 0 Å². The number of aromatic nitrogens is 1. The number of aliphatic hydroxyl groups excluding tert-OH is 1. The first-order valence-electron chi connectivity index (χ1n) is 6.70. The smallest absolute Gasteiger partial charge is 0.340 e. The van der Waals surface area contributed by atoms with Crippen molar-refractivity contribution >= 4 is 17.3 Å². The fourth-order valence-corrected chi connectivity index (χ4v) is 3.14. The van der Waals surface area contributed by atoms with E-state index in [4.69, 9.17) is 4.74 Å². The first-order chi connectivity index (χ1) is 9.54. The van der Waals surface area contributed by atoms with Crippen molar-refractivity contribution in [3.8, 4) is 0 Å². The number of hydrogen-bond donors (Lipinski definition) is 3. The summed E-state index contributed by atoms with van der Waals surface area (Å²) in [6.07, 6.45) is 3.61. The van der Waals surface area contributed by atoms with Gasteiger partial charge in [-0.2, -0.15) is 0 Å². The van der Waals surface area contributed by atoms with E-state index in [1.165, 1.54) is 7.11 Å². The van der Waals surface area contributed by atoms with Gasteiger partial charge in [-0.05, 0) is 24.5 Å². The fourth-order valence-electron chi connectivity index (χ4n) is 3.14. The lowest BCUT2D eigenvalue weighted by molar-refractivity contribution is 0.0598. The van der Waals surface area contributed by atoms with Crippen LogP contribution in [0.25, 0.3) is 11.3 Å². The van der Waals surface area contributed by atoms with Gasteiger partial charge in [-0.1, -0.05) is 13.0 Å². The number of ether oxygens (including phenoxy) is 1. The van der Waals surface area contributed by atoms with E-state index in [1.54, 1.807) is 6.08 Å². The maximum Gasteiger partial charge on any atom is 0.340 e. The molecule has 0 aromatic carbocycles. The topological polar surface area (TPSA) is 74.4 Å². The van der Waals surface area contributed by atoms with Gasteiger partial charge in [-0.3, -0.25) is 0 Å². The molecule has 0 bridgehead atoms. The van der Waals surface area contributed by atoms with Gasteiger partial charge in [-0.15, -0.1) is 0 Å². The molecule has 2 atom stereocenters. The molecule has 1 aliphatic carbocycles. The molecular weight excluding hydrogens is 256 g/mol. The Morgan fingerprint density at radius 2 is 2.25 bits per heavy atom. The summed E-state index contributed by atoms with van der Waals surface area (Å²) in [5.74, 6) is 0.0714. The molecule has 2 heterocycles. The number of aromatic amines is 1. The number of H-pyrrole nitrogens is 1. The summed E-state index contributed by atoms with van der Waals surface area (Å²) in [6, 6.07) is 0.0482. The van der Waals surface area contributed by atoms with Crippen LogP contribution in [0.2, 0.25) is 0 Å². The number of nitrogens with one attached hydrogen (secondary N) is 2. The van der Waals surface area contributed by atoms with Crippen LogP contribution in [0.1, 0.15) is 23.0 Å². The highest BCUT2D eigenvalue weighted by atomic mass is 16.5. The molecule has 1 aromatic heterocycles. The van der Waals surface area contributed by atoms with E-state index in [1.807, 2.05) is 13.0 Å². The van der Waals surface area contributed by atoms with Crippen LogP contribution in [0.5, 0.6) is 0 Å². The summed E-state index contributed by atoms with van der Waals surface area (Å²) in [4.78, 5) is 15.2. The number of methoxy groups -OCH3 is 1. The molecule has 0 radical (unpaired) electrons. The Balaban J connectivity index is 2.49. The number of fused-ring (bicyclic) bond motifs is 2. The largest absolute Gasteiger partial charge is 0.506 e. The van der Waals surface area contributed by atoms with Crippen LogP contribution in [0, 0.1) is 12.8 Å². The molecule has 1 aromatic rings. The lowest BCUT2D eigenvalue weighted by Gasteiger charge is -2.09. The maximum absolute atomic E-state index is 12.1. The summed E-state index contributed by atoms with van der Waals surface area (Å²) in [5.41, 5.74) is 2.37. The lowest BCUT2D eigenvalue weighted by atomic mass is 9.96. The van der Waals surface area contributed by atoms with Gasteiger partial charge in [0.1, 0.15) is 5.76 Å². The first kappa shape index (κ1) is 13.0. The molecular formula is C15H18N2O3. The molecule has 20 heavy (non-hydrogen) atoms. The third-order valence-electron chi connectivity index (χ3n) is 4.08. The predicted octanol–water partition coefficient (Wildman–Crippen LogP) is 0.104. The highest BCUT2D eigenvalue weighted by Crippen LogP contribution is 2.24. The van der Waals surface area contributed by atoms with Crippen molar-refractivity contribution < 1.29 is 14.6 Å². The number of hydrogen-bond acceptors (Lipinski definition) is 4. The average molecular weight is 274 g/mol. The van der Waals surface area contributed by atoms with E-state index < -0.39 is 0 Å². The number of aryl methyl sites for hydroxylation is 1. The summed E-state index contributed by atoms with van der Waals surface area (Å²) < 4.78 is 4.90. The van der Waals surface area contributed by atoms with Crippen LogP contribution in [0.3, 0.4) is 0 Å². The van der Waals surface area contributed by atoms with E-state index in [9.17, 15) is 9.90 Å². The van der Waals surface area contributed by atoms with Crippen molar-refractivity contribution in [1.29, 1.82) is 0 Å². The highest BCUT2D eigenvalue weighted by molar-refractivity contribution is 5.92. The molecule has 2 unspecified atom stereocenters. The Labute approximate surface area is 116 Å². The van der Waals surface area contributed by atoms with E-state index >= 15 is 0 Å². The van der Waals surface area contributed by atoms with Gasteiger partial charge >= 0.3 is 5.97 Å². The molecule has 2 aliphatic rings. The van der Waals surface area contributed by atoms with Crippen LogP contribution in [-0.4, -0.2) is 35.8 Å². The predicted molar refractivity (Wildman–Crippen MR) is 75.7 cm³/mol. The SMILES string of the molecule is COC(=O)c1c(C)[nH]c2c1=C1C(C)CNC1C=CC=2O. The van der Waals surface area contributed by atoms with Crippen molar-refractivity contribution in [2.24, 2.45) is 5.92 Å². The third-order valence-corrected chi connectivity index (χ3v) is 4.08. The van der Waals surface area contributed by atoms with Crippen LogP contribution >= 0.6 is 0 Å². The van der Waals surface area contributed by atoms with Gasteiger partial charge < -0.3 is 20.1 Å². The Hall–Kier alpha value is -2.01. The van der Waals surface area contributed by atoms with Gasteiger partial charge in [0.05, 0.1) is 18.0 Å². The number of carbonyl (C=O) groups excluding carboxylic acids is 1. The standard InChI is InChI=1S/C15H18N2O3/c1-7-6-16-9-4-5-10(18)14-13(11(7)9)12(8(2)17-14)15(19)20-3/h4-5,7,9,16-18H,6H2,1-3H3. The maximum atomic E-state index is 12.1. The summed E-state index contributed by atoms with van der Waals surface area (Å²) >= 11 is 0. The Morgan fingerprint density at radius 1 is 1.50 bits per heavy atom. The fraction of sp³-hybridized carbons (Fsp3) is 0.400. The van der Waals surface area contributed by atoms with Crippen molar-refractivity contribution in [3.05, 3.63) is 34.0 Å². The number of carbonyl (C=O) groups is 1. The monoisotopic (exact) mass is 274 g/mol. The summed E-state index contributed by atoms with van der Waals surface area (Å²) in [6.45, 7) is 4.79. The van der Waals surface area contributed by atoms with Gasteiger partial charge in [0, 0.05) is 23.5 Å². The van der Waals surface area contributed by atoms with E-state index in [-0.39, 0.29) is 17.8 Å². The molecule has 3 N–H and O–H groups in total. The van der Waals surface area contributed by atoms with Crippen LogP contribution in [0.4, 0.5) is 0 Å². The quantitative estimate of drug-likeness (QED) is 0.635. The van der Waals surface area contributed by atoms with Gasteiger partial charge in [-0.25, -0.2) is 4.79 Å². The Morgan fingerprint density at radius 3 is 2.95 bits per heavy atom. The van der Waals surface area contributed by atoms with Gasteiger partial charge in [0.25, 0.3) is 0 Å². The van der Waals surface area contributed by atoms with Crippen molar-refractivity contribution in [3.63, 3.8) is 0 Å². The molecule has 3 rings (SSSR count). The van der Waals surface area contributed by atoms with Gasteiger partial charge in [0.2, 0.25) is 0 Å². The minimum absolute atomic E-state index is 0.0482. The Kier molecular flexibility index (Phi) is 2.94. The molecule has 1 saturated heterocycles. The van der Waals surface area contributed by atoms with E-state index in [0.717, 1.165) is 17.3 Å². The second-order valence-electron chi connectivity index (χ2n) is 5.35. The zero-order valence-electron chi connectivity index (χ0n) is 11.8. The number of aliphatic hydroxyl groups is 1. The number of rotatable bonds is 1. The average Bonchev–Trinajstić information content (AvgIpc) is 2.91.